The minimum absolute atomic E-state index is 0.598. The van der Waals surface area contributed by atoms with Crippen LogP contribution in [0.4, 0.5) is 0 Å². The number of fused-ring (bicyclic) bond motifs is 1. The lowest BCUT2D eigenvalue weighted by atomic mass is 9.94. The lowest BCUT2D eigenvalue weighted by molar-refractivity contribution is -0.665. The van der Waals surface area contributed by atoms with E-state index in [0.29, 0.717) is 6.04 Å². The van der Waals surface area contributed by atoms with E-state index in [2.05, 4.69) is 72.9 Å². The van der Waals surface area contributed by atoms with E-state index in [1.165, 1.54) is 16.7 Å². The fraction of sp³-hybridized carbons (Fsp3) is 0.167. The Morgan fingerprint density at radius 3 is 2.58 bits per heavy atom. The average molecular weight is 340 g/mol. The Bertz CT molecular complexity index is 1160. The van der Waals surface area contributed by atoms with Crippen molar-refractivity contribution in [3.05, 3.63) is 83.8 Å². The van der Waals surface area contributed by atoms with E-state index in [1.54, 1.807) is 6.20 Å². The van der Waals surface area contributed by atoms with Gasteiger partial charge in [-0.25, -0.2) is 0 Å². The van der Waals surface area contributed by atoms with Crippen molar-refractivity contribution in [2.45, 2.75) is 20.8 Å². The molecule has 26 heavy (non-hydrogen) atoms. The second kappa shape index (κ2) is 6.38. The Labute approximate surface area is 156 Å². The minimum Gasteiger partial charge on any atom is -0.264 e. The van der Waals surface area contributed by atoms with E-state index >= 15 is 0 Å². The molecule has 0 fully saturated rings. The molecule has 128 valence electrons. The van der Waals surface area contributed by atoms with Gasteiger partial charge in [0.05, 0.1) is 12.3 Å². The van der Waals surface area contributed by atoms with Gasteiger partial charge in [0.1, 0.15) is 7.05 Å². The molecule has 2 aromatic carbocycles. The summed E-state index contributed by atoms with van der Waals surface area (Å²) in [4.78, 5) is 4.26. The molecule has 2 nitrogen and oxygen atoms in total. The summed E-state index contributed by atoms with van der Waals surface area (Å²) in [5.74, 6) is 0. The van der Waals surface area contributed by atoms with Gasteiger partial charge in [-0.3, -0.25) is 4.98 Å². The number of hydrogen-bond acceptors (Lipinski definition) is 1. The van der Waals surface area contributed by atoms with Crippen LogP contribution < -0.4 is 4.57 Å². The largest absolute Gasteiger partial charge is 0.264 e. The molecule has 0 atom stereocenters. The second-order valence-corrected chi connectivity index (χ2v) is 6.94. The molecule has 4 rings (SSSR count). The molecule has 0 saturated carbocycles. The van der Waals surface area contributed by atoms with Crippen molar-refractivity contribution in [3.8, 4) is 22.4 Å². The zero-order valence-corrected chi connectivity index (χ0v) is 15.7. The minimum atomic E-state index is 0.598. The number of benzene rings is 2. The molecule has 0 bridgehead atoms. The van der Waals surface area contributed by atoms with Crippen molar-refractivity contribution in [1.82, 2.24) is 4.98 Å². The molecule has 0 saturated heterocycles. The Hall–Kier alpha value is -3.00. The Balaban J connectivity index is 2.06. The Morgan fingerprint density at radius 1 is 0.962 bits per heavy atom. The van der Waals surface area contributed by atoms with E-state index in [-0.39, 0.29) is 0 Å². The zero-order valence-electron chi connectivity index (χ0n) is 16.7. The van der Waals surface area contributed by atoms with Crippen molar-refractivity contribution in [3.63, 3.8) is 0 Å². The standard InChI is InChI=1S/C24H23N2/c1-16-7-10-22-21(12-16)13-18(3)26(4)24(22)23-14-19(9-8-17(23)2)20-6-5-11-25-15-20/h5-15H,1-4H3/q+1/i13D. The first-order valence-corrected chi connectivity index (χ1v) is 8.88. The molecule has 0 aliphatic rings. The summed E-state index contributed by atoms with van der Waals surface area (Å²) in [5.41, 5.74) is 7.96. The molecule has 0 aliphatic carbocycles. The number of pyridine rings is 2. The summed E-state index contributed by atoms with van der Waals surface area (Å²) in [6.07, 6.45) is 3.69. The number of aromatic nitrogens is 2. The van der Waals surface area contributed by atoms with Gasteiger partial charge in [0.25, 0.3) is 0 Å². The van der Waals surface area contributed by atoms with Gasteiger partial charge in [0.2, 0.25) is 5.69 Å². The molecule has 0 N–H and O–H groups in total. The quantitative estimate of drug-likeness (QED) is 0.451. The molecule has 0 spiro atoms. The van der Waals surface area contributed by atoms with Crippen LogP contribution in [0.5, 0.6) is 0 Å². The maximum absolute atomic E-state index is 8.59. The topological polar surface area (TPSA) is 16.8 Å². The highest BCUT2D eigenvalue weighted by Crippen LogP contribution is 2.32. The van der Waals surface area contributed by atoms with E-state index in [9.17, 15) is 0 Å². The molecule has 0 radical (unpaired) electrons. The zero-order chi connectivity index (χ0) is 19.1. The molecule has 2 heterocycles. The van der Waals surface area contributed by atoms with Crippen molar-refractivity contribution in [2.75, 3.05) is 0 Å². The summed E-state index contributed by atoms with van der Waals surface area (Å²) in [5, 5.41) is 2.12. The van der Waals surface area contributed by atoms with Crippen LogP contribution in [0.3, 0.4) is 0 Å². The van der Waals surface area contributed by atoms with Crippen LogP contribution in [0.15, 0.2) is 67.0 Å². The first-order chi connectivity index (χ1) is 13.0. The highest BCUT2D eigenvalue weighted by atomic mass is 14.9. The third-order valence-electron chi connectivity index (χ3n) is 5.07. The SMILES string of the molecule is [2H]c1c(C)[n+](C)c(-c2cc(-c3cccnc3)ccc2C)c2ccc(C)cc12. The van der Waals surface area contributed by atoms with Crippen LogP contribution in [-0.2, 0) is 7.05 Å². The van der Waals surface area contributed by atoms with Crippen molar-refractivity contribution in [1.29, 1.82) is 0 Å². The average Bonchev–Trinajstić information content (AvgIpc) is 2.69. The van der Waals surface area contributed by atoms with Crippen LogP contribution in [-0.4, -0.2) is 4.98 Å². The molecular weight excluding hydrogens is 316 g/mol. The molecular formula is C24H23N2+. The molecule has 4 aromatic rings. The fourth-order valence-corrected chi connectivity index (χ4v) is 3.51. The summed E-state index contributed by atoms with van der Waals surface area (Å²) < 4.78 is 10.7. The smallest absolute Gasteiger partial charge is 0.220 e. The summed E-state index contributed by atoms with van der Waals surface area (Å²) in [6.45, 7) is 6.25. The molecule has 2 aromatic heterocycles. The van der Waals surface area contributed by atoms with Crippen molar-refractivity contribution >= 4 is 10.8 Å². The lowest BCUT2D eigenvalue weighted by Gasteiger charge is -2.12. The third-order valence-corrected chi connectivity index (χ3v) is 5.07. The molecule has 0 unspecified atom stereocenters. The van der Waals surface area contributed by atoms with E-state index in [1.807, 2.05) is 19.2 Å². The number of rotatable bonds is 2. The number of hydrogen-bond donors (Lipinski definition) is 0. The number of aryl methyl sites for hydroxylation is 2. The van der Waals surface area contributed by atoms with E-state index in [0.717, 1.165) is 33.3 Å². The summed E-state index contributed by atoms with van der Waals surface area (Å²) in [6, 6.07) is 17.6. The van der Waals surface area contributed by atoms with Gasteiger partial charge in [0.15, 0.2) is 5.69 Å². The van der Waals surface area contributed by atoms with Crippen molar-refractivity contribution in [2.24, 2.45) is 7.05 Å². The third kappa shape index (κ3) is 2.78. The van der Waals surface area contributed by atoms with Crippen molar-refractivity contribution < 1.29 is 5.94 Å². The highest BCUT2D eigenvalue weighted by molar-refractivity contribution is 5.95. The first-order valence-electron chi connectivity index (χ1n) is 9.38. The molecule has 2 heteroatoms. The van der Waals surface area contributed by atoms with Gasteiger partial charge in [-0.15, -0.1) is 0 Å². The molecule has 0 aliphatic heterocycles. The molecule has 0 amide bonds. The monoisotopic (exact) mass is 340 g/mol. The lowest BCUT2D eigenvalue weighted by Crippen LogP contribution is -2.35. The maximum Gasteiger partial charge on any atom is 0.220 e. The van der Waals surface area contributed by atoms with Crippen LogP contribution in [0, 0.1) is 20.8 Å². The van der Waals surface area contributed by atoms with Gasteiger partial charge in [-0.2, -0.15) is 4.57 Å². The van der Waals surface area contributed by atoms with Gasteiger partial charge < -0.3 is 0 Å². The first kappa shape index (κ1) is 15.3. The Kier molecular flexibility index (Phi) is 3.75. The van der Waals surface area contributed by atoms with Crippen LogP contribution in [0.1, 0.15) is 18.2 Å². The summed E-state index contributed by atoms with van der Waals surface area (Å²) >= 11 is 0. The van der Waals surface area contributed by atoms with Crippen LogP contribution >= 0.6 is 0 Å². The van der Waals surface area contributed by atoms with Crippen LogP contribution in [0.2, 0.25) is 0 Å². The normalized spacial score (nSPS) is 11.6. The van der Waals surface area contributed by atoms with Gasteiger partial charge in [0, 0.05) is 30.9 Å². The van der Waals surface area contributed by atoms with E-state index < -0.39 is 0 Å². The van der Waals surface area contributed by atoms with E-state index in [4.69, 9.17) is 1.37 Å². The van der Waals surface area contributed by atoms with Gasteiger partial charge in [-0.05, 0) is 48.6 Å². The predicted octanol–water partition coefficient (Wildman–Crippen LogP) is 5.32. The highest BCUT2D eigenvalue weighted by Gasteiger charge is 2.20. The Morgan fingerprint density at radius 2 is 1.81 bits per heavy atom. The predicted molar refractivity (Wildman–Crippen MR) is 108 cm³/mol. The van der Waals surface area contributed by atoms with Crippen LogP contribution in [0.25, 0.3) is 33.2 Å². The second-order valence-electron chi connectivity index (χ2n) is 6.94. The maximum atomic E-state index is 8.59. The number of nitrogens with zero attached hydrogens (tertiary/aromatic N) is 2. The fourth-order valence-electron chi connectivity index (χ4n) is 3.51. The van der Waals surface area contributed by atoms with Gasteiger partial charge in [-0.1, -0.05) is 35.9 Å². The summed E-state index contributed by atoms with van der Waals surface area (Å²) in [7, 11) is 2.05. The van der Waals surface area contributed by atoms with Gasteiger partial charge >= 0.3 is 0 Å².